The minimum Gasteiger partial charge on any atom is -0.482 e. The molecule has 1 amide bonds. The quantitative estimate of drug-likeness (QED) is 0.788. The molecule has 11 heteroatoms. The van der Waals surface area contributed by atoms with Crippen molar-refractivity contribution in [3.8, 4) is 5.75 Å². The third-order valence-corrected chi connectivity index (χ3v) is 3.65. The molecule has 0 saturated heterocycles. The summed E-state index contributed by atoms with van der Waals surface area (Å²) in [5.74, 6) is -1.22. The van der Waals surface area contributed by atoms with Gasteiger partial charge in [-0.15, -0.1) is 0 Å². The van der Waals surface area contributed by atoms with Gasteiger partial charge in [-0.25, -0.2) is 17.6 Å². The Morgan fingerprint density at radius 1 is 1.38 bits per heavy atom. The molecule has 24 heavy (non-hydrogen) atoms. The van der Waals surface area contributed by atoms with Crippen LogP contribution in [-0.2, 0) is 4.79 Å². The van der Waals surface area contributed by atoms with E-state index in [9.17, 15) is 27.5 Å². The zero-order valence-electron chi connectivity index (χ0n) is 11.7. The van der Waals surface area contributed by atoms with Gasteiger partial charge in [0.1, 0.15) is 11.5 Å². The van der Waals surface area contributed by atoms with Crippen LogP contribution in [0.2, 0.25) is 10.0 Å². The maximum Gasteiger partial charge on any atom is 0.287 e. The van der Waals surface area contributed by atoms with E-state index in [0.717, 1.165) is 0 Å². The average Bonchev–Trinajstić information content (AvgIpc) is 2.86. The molecule has 0 saturated carbocycles. The normalized spacial score (nSPS) is 20.7. The fourth-order valence-electron chi connectivity index (χ4n) is 1.95. The van der Waals surface area contributed by atoms with Crippen molar-refractivity contribution in [2.45, 2.75) is 25.0 Å². The number of hydrogen-bond donors (Lipinski definition) is 1. The third-order valence-electron chi connectivity index (χ3n) is 3.12. The van der Waals surface area contributed by atoms with Gasteiger partial charge in [0.25, 0.3) is 18.8 Å². The molecule has 5 nitrogen and oxygen atoms in total. The summed E-state index contributed by atoms with van der Waals surface area (Å²) >= 11 is 11.5. The Morgan fingerprint density at radius 2 is 2.04 bits per heavy atom. The molecule has 1 aliphatic heterocycles. The molecule has 132 valence electrons. The van der Waals surface area contributed by atoms with E-state index in [2.05, 4.69) is 5.10 Å². The smallest absolute Gasteiger partial charge is 0.287 e. The van der Waals surface area contributed by atoms with Gasteiger partial charge >= 0.3 is 0 Å². The standard InChI is InChI=1S/C13H10Cl2F4N2O3/c14-6-1-2-9(7(15)3-6)24-5-10(22)21-13(23,12(18)19)4-8(20-21)11(16)17/h1-3,11-12,23H,4-5H2/t13-/m1/s1. The molecule has 1 aromatic rings. The molecule has 0 fully saturated rings. The van der Waals surface area contributed by atoms with Crippen molar-refractivity contribution in [1.82, 2.24) is 5.01 Å². The van der Waals surface area contributed by atoms with Crippen LogP contribution in [0, 0.1) is 0 Å². The lowest BCUT2D eigenvalue weighted by molar-refractivity contribution is -0.193. The fraction of sp³-hybridized carbons (Fsp3) is 0.385. The van der Waals surface area contributed by atoms with Crippen molar-refractivity contribution in [1.29, 1.82) is 0 Å². The van der Waals surface area contributed by atoms with E-state index in [-0.39, 0.29) is 15.8 Å². The number of ether oxygens (including phenoxy) is 1. The highest BCUT2D eigenvalue weighted by Crippen LogP contribution is 2.33. The number of aliphatic hydroxyl groups is 1. The van der Waals surface area contributed by atoms with Crippen molar-refractivity contribution in [3.63, 3.8) is 0 Å². The Kier molecular flexibility index (Phi) is 5.56. The summed E-state index contributed by atoms with van der Waals surface area (Å²) < 4.78 is 56.3. The van der Waals surface area contributed by atoms with E-state index in [4.69, 9.17) is 27.9 Å². The zero-order valence-corrected chi connectivity index (χ0v) is 13.2. The first kappa shape index (κ1) is 18.8. The van der Waals surface area contributed by atoms with Gasteiger partial charge < -0.3 is 9.84 Å². The van der Waals surface area contributed by atoms with Gasteiger partial charge in [0, 0.05) is 11.4 Å². The SMILES string of the molecule is O=C(COc1ccc(Cl)cc1Cl)N1N=C(C(F)F)C[C@@]1(O)C(F)F. The molecule has 0 bridgehead atoms. The Hall–Kier alpha value is -1.58. The number of amides is 1. The van der Waals surface area contributed by atoms with Crippen LogP contribution in [0.3, 0.4) is 0 Å². The highest BCUT2D eigenvalue weighted by Gasteiger charge is 2.53. The van der Waals surface area contributed by atoms with Gasteiger partial charge in [-0.1, -0.05) is 23.2 Å². The number of carbonyl (C=O) groups excluding carboxylic acids is 1. The number of carbonyl (C=O) groups is 1. The van der Waals surface area contributed by atoms with Gasteiger partial charge in [0.2, 0.25) is 5.72 Å². The third kappa shape index (κ3) is 3.73. The lowest BCUT2D eigenvalue weighted by Crippen LogP contribution is -2.52. The van der Waals surface area contributed by atoms with E-state index < -0.39 is 43.2 Å². The van der Waals surface area contributed by atoms with Gasteiger partial charge in [-0.3, -0.25) is 4.79 Å². The molecule has 0 radical (unpaired) electrons. The van der Waals surface area contributed by atoms with Crippen LogP contribution in [-0.4, -0.2) is 46.9 Å². The Balaban J connectivity index is 2.14. The summed E-state index contributed by atoms with van der Waals surface area (Å²) in [5, 5.41) is 13.2. The van der Waals surface area contributed by atoms with Crippen LogP contribution < -0.4 is 4.74 Å². The minimum absolute atomic E-state index is 0.0206. The van der Waals surface area contributed by atoms with Crippen molar-refractivity contribution in [2.75, 3.05) is 6.61 Å². The molecule has 1 atom stereocenters. The van der Waals surface area contributed by atoms with Crippen LogP contribution in [0.5, 0.6) is 5.75 Å². The number of rotatable bonds is 5. The first-order chi connectivity index (χ1) is 11.1. The summed E-state index contributed by atoms with van der Waals surface area (Å²) in [6.07, 6.45) is -7.84. The van der Waals surface area contributed by atoms with E-state index in [0.29, 0.717) is 5.02 Å². The first-order valence-electron chi connectivity index (χ1n) is 6.42. The highest BCUT2D eigenvalue weighted by atomic mass is 35.5. The lowest BCUT2D eigenvalue weighted by Gasteiger charge is -2.29. The molecule has 2 rings (SSSR count). The predicted octanol–water partition coefficient (Wildman–Crippen LogP) is 3.18. The summed E-state index contributed by atoms with van der Waals surface area (Å²) in [6, 6.07) is 4.06. The second-order valence-electron chi connectivity index (χ2n) is 4.82. The van der Waals surface area contributed by atoms with Crippen molar-refractivity contribution in [3.05, 3.63) is 28.2 Å². The van der Waals surface area contributed by atoms with Gasteiger partial charge in [0.05, 0.1) is 5.02 Å². The summed E-state index contributed by atoms with van der Waals surface area (Å²) in [4.78, 5) is 12.0. The highest BCUT2D eigenvalue weighted by molar-refractivity contribution is 6.35. The van der Waals surface area contributed by atoms with Gasteiger partial charge in [0.15, 0.2) is 6.61 Å². The van der Waals surface area contributed by atoms with Gasteiger partial charge in [-0.05, 0) is 18.2 Å². The molecule has 1 N–H and O–H groups in total. The molecular weight excluding hydrogens is 379 g/mol. The monoisotopic (exact) mass is 388 g/mol. The second kappa shape index (κ2) is 7.12. The fourth-order valence-corrected chi connectivity index (χ4v) is 2.41. The molecule has 1 aromatic carbocycles. The topological polar surface area (TPSA) is 62.1 Å². The van der Waals surface area contributed by atoms with Crippen LogP contribution in [0.15, 0.2) is 23.3 Å². The van der Waals surface area contributed by atoms with E-state index in [1.165, 1.54) is 18.2 Å². The number of hydrazone groups is 1. The largest absolute Gasteiger partial charge is 0.482 e. The molecular formula is C13H10Cl2F4N2O3. The number of alkyl halides is 4. The Bertz CT molecular complexity index is 675. The molecule has 1 heterocycles. The van der Waals surface area contributed by atoms with E-state index >= 15 is 0 Å². The predicted molar refractivity (Wildman–Crippen MR) is 77.8 cm³/mol. The molecule has 0 spiro atoms. The minimum atomic E-state index is -3.50. The number of benzene rings is 1. The first-order valence-corrected chi connectivity index (χ1v) is 7.17. The van der Waals surface area contributed by atoms with Gasteiger partial charge in [-0.2, -0.15) is 10.1 Å². The number of halogens is 6. The zero-order chi connectivity index (χ0) is 18.1. The summed E-state index contributed by atoms with van der Waals surface area (Å²) in [7, 11) is 0. The number of hydrogen-bond acceptors (Lipinski definition) is 4. The Morgan fingerprint density at radius 3 is 2.58 bits per heavy atom. The van der Waals surface area contributed by atoms with Crippen molar-refractivity contribution >= 4 is 34.8 Å². The molecule has 0 aliphatic carbocycles. The van der Waals surface area contributed by atoms with Crippen molar-refractivity contribution in [2.24, 2.45) is 5.10 Å². The second-order valence-corrected chi connectivity index (χ2v) is 5.66. The summed E-state index contributed by atoms with van der Waals surface area (Å²) in [5.41, 5.74) is -4.16. The van der Waals surface area contributed by atoms with Crippen LogP contribution >= 0.6 is 23.2 Å². The molecule has 0 unspecified atom stereocenters. The van der Waals surface area contributed by atoms with Crippen LogP contribution in [0.1, 0.15) is 6.42 Å². The summed E-state index contributed by atoms with van der Waals surface area (Å²) in [6.45, 7) is -0.851. The van der Waals surface area contributed by atoms with E-state index in [1.54, 1.807) is 0 Å². The Labute approximate surface area is 143 Å². The maximum absolute atomic E-state index is 13.0. The maximum atomic E-state index is 13.0. The molecule has 0 aromatic heterocycles. The average molecular weight is 389 g/mol. The lowest BCUT2D eigenvalue weighted by atomic mass is 10.1. The van der Waals surface area contributed by atoms with Crippen LogP contribution in [0.4, 0.5) is 17.6 Å². The van der Waals surface area contributed by atoms with Crippen molar-refractivity contribution < 1.29 is 32.2 Å². The molecule has 1 aliphatic rings. The number of nitrogens with zero attached hydrogens (tertiary/aromatic N) is 2. The van der Waals surface area contributed by atoms with Crippen LogP contribution in [0.25, 0.3) is 0 Å². The van der Waals surface area contributed by atoms with E-state index in [1.807, 2.05) is 0 Å².